The summed E-state index contributed by atoms with van der Waals surface area (Å²) in [5.41, 5.74) is -0.0361. The van der Waals surface area contributed by atoms with Gasteiger partial charge in [0.25, 0.3) is 5.91 Å². The predicted molar refractivity (Wildman–Crippen MR) is 84.9 cm³/mol. The standard InChI is InChI=1S/C16H20F3N3O4/c1-2-22(8-14(23)24)11-6-10(7-11)20-15(25)12-4-3-5-13(21-12)26-9-16(17,18)19/h3-5,10-11H,2,6-9H2,1H3,(H,20,25)(H,23,24). The number of hydrogen-bond acceptors (Lipinski definition) is 5. The van der Waals surface area contributed by atoms with E-state index in [9.17, 15) is 22.8 Å². The smallest absolute Gasteiger partial charge is 0.422 e. The van der Waals surface area contributed by atoms with Gasteiger partial charge >= 0.3 is 12.1 Å². The highest BCUT2D eigenvalue weighted by Crippen LogP contribution is 2.26. The van der Waals surface area contributed by atoms with E-state index in [0.717, 1.165) is 0 Å². The molecule has 7 nitrogen and oxygen atoms in total. The van der Waals surface area contributed by atoms with Crippen LogP contribution in [-0.2, 0) is 4.79 Å². The second-order valence-corrected chi connectivity index (χ2v) is 6.02. The van der Waals surface area contributed by atoms with Gasteiger partial charge in [-0.1, -0.05) is 13.0 Å². The van der Waals surface area contributed by atoms with E-state index in [4.69, 9.17) is 5.11 Å². The van der Waals surface area contributed by atoms with Crippen LogP contribution in [0.5, 0.6) is 5.88 Å². The lowest BCUT2D eigenvalue weighted by molar-refractivity contribution is -0.154. The molecule has 1 amide bonds. The van der Waals surface area contributed by atoms with Gasteiger partial charge in [0.15, 0.2) is 6.61 Å². The lowest BCUT2D eigenvalue weighted by Crippen LogP contribution is -2.54. The van der Waals surface area contributed by atoms with Crippen LogP contribution < -0.4 is 10.1 Å². The van der Waals surface area contributed by atoms with Crippen molar-refractivity contribution >= 4 is 11.9 Å². The molecule has 1 aliphatic rings. The number of carbonyl (C=O) groups excluding carboxylic acids is 1. The highest BCUT2D eigenvalue weighted by molar-refractivity contribution is 5.92. The highest BCUT2D eigenvalue weighted by Gasteiger charge is 2.35. The topological polar surface area (TPSA) is 91.8 Å². The third-order valence-corrected chi connectivity index (χ3v) is 4.05. The van der Waals surface area contributed by atoms with Gasteiger partial charge in [-0.3, -0.25) is 14.5 Å². The minimum atomic E-state index is -4.48. The number of pyridine rings is 1. The number of rotatable bonds is 8. The van der Waals surface area contributed by atoms with E-state index in [1.54, 1.807) is 0 Å². The third kappa shape index (κ3) is 5.87. The molecule has 2 N–H and O–H groups in total. The summed E-state index contributed by atoms with van der Waals surface area (Å²) >= 11 is 0. The molecule has 0 saturated heterocycles. The largest absolute Gasteiger partial charge is 0.480 e. The lowest BCUT2D eigenvalue weighted by Gasteiger charge is -2.42. The van der Waals surface area contributed by atoms with Crippen LogP contribution in [-0.4, -0.2) is 64.8 Å². The van der Waals surface area contributed by atoms with Gasteiger partial charge in [0, 0.05) is 18.2 Å². The number of carboxylic acids is 1. The molecule has 1 heterocycles. The van der Waals surface area contributed by atoms with Crippen molar-refractivity contribution in [3.8, 4) is 5.88 Å². The Balaban J connectivity index is 1.85. The number of nitrogens with zero attached hydrogens (tertiary/aromatic N) is 2. The number of alkyl halides is 3. The van der Waals surface area contributed by atoms with E-state index in [-0.39, 0.29) is 30.2 Å². The van der Waals surface area contributed by atoms with Crippen molar-refractivity contribution < 1.29 is 32.6 Å². The molecule has 2 rings (SSSR count). The van der Waals surface area contributed by atoms with Gasteiger partial charge in [0.05, 0.1) is 6.54 Å². The summed E-state index contributed by atoms with van der Waals surface area (Å²) in [6.45, 7) is 0.927. The van der Waals surface area contributed by atoms with Crippen molar-refractivity contribution in [2.45, 2.75) is 38.0 Å². The Hall–Kier alpha value is -2.36. The minimum absolute atomic E-state index is 0.0361. The first kappa shape index (κ1) is 20.0. The van der Waals surface area contributed by atoms with Crippen LogP contribution in [0.1, 0.15) is 30.3 Å². The van der Waals surface area contributed by atoms with Crippen LogP contribution in [0.15, 0.2) is 18.2 Å². The molecule has 1 aliphatic carbocycles. The molecule has 26 heavy (non-hydrogen) atoms. The average Bonchev–Trinajstić information content (AvgIpc) is 2.53. The molecule has 144 valence electrons. The monoisotopic (exact) mass is 375 g/mol. The highest BCUT2D eigenvalue weighted by atomic mass is 19.4. The summed E-state index contributed by atoms with van der Waals surface area (Å²) in [6, 6.07) is 3.97. The number of ether oxygens (including phenoxy) is 1. The number of carboxylic acid groups (broad SMARTS) is 1. The van der Waals surface area contributed by atoms with Gasteiger partial charge in [0.2, 0.25) is 5.88 Å². The Bertz CT molecular complexity index is 648. The minimum Gasteiger partial charge on any atom is -0.480 e. The van der Waals surface area contributed by atoms with Crippen LogP contribution in [0, 0.1) is 0 Å². The summed E-state index contributed by atoms with van der Waals surface area (Å²) in [4.78, 5) is 28.6. The molecule has 1 aromatic rings. The van der Waals surface area contributed by atoms with Gasteiger partial charge in [-0.2, -0.15) is 13.2 Å². The van der Waals surface area contributed by atoms with Gasteiger partial charge < -0.3 is 15.2 Å². The molecule has 1 aromatic heterocycles. The zero-order valence-electron chi connectivity index (χ0n) is 14.1. The molecule has 0 spiro atoms. The number of halogens is 3. The molecule has 0 aliphatic heterocycles. The van der Waals surface area contributed by atoms with E-state index in [0.29, 0.717) is 19.4 Å². The van der Waals surface area contributed by atoms with E-state index >= 15 is 0 Å². The number of hydrogen-bond donors (Lipinski definition) is 2. The second kappa shape index (κ2) is 8.35. The predicted octanol–water partition coefficient (Wildman–Crippen LogP) is 1.69. The Morgan fingerprint density at radius 1 is 1.38 bits per heavy atom. The van der Waals surface area contributed by atoms with E-state index in [2.05, 4.69) is 15.0 Å². The van der Waals surface area contributed by atoms with Crippen LogP contribution >= 0.6 is 0 Å². The van der Waals surface area contributed by atoms with Crippen LogP contribution in [0.2, 0.25) is 0 Å². The number of likely N-dealkylation sites (N-methyl/N-ethyl adjacent to an activating group) is 1. The summed E-state index contributed by atoms with van der Waals surface area (Å²) < 4.78 is 41.0. The maximum Gasteiger partial charge on any atom is 0.422 e. The first-order chi connectivity index (χ1) is 12.2. The van der Waals surface area contributed by atoms with Gasteiger partial charge in [0.1, 0.15) is 5.69 Å². The lowest BCUT2D eigenvalue weighted by atomic mass is 9.85. The molecule has 0 bridgehead atoms. The second-order valence-electron chi connectivity index (χ2n) is 6.02. The molecule has 1 saturated carbocycles. The Morgan fingerprint density at radius 3 is 2.65 bits per heavy atom. The fourth-order valence-electron chi connectivity index (χ4n) is 2.71. The number of amides is 1. The summed E-state index contributed by atoms with van der Waals surface area (Å²) in [6.07, 6.45) is -3.27. The summed E-state index contributed by atoms with van der Waals surface area (Å²) in [5, 5.41) is 11.6. The Kier molecular flexibility index (Phi) is 6.41. The zero-order chi connectivity index (χ0) is 19.3. The van der Waals surface area contributed by atoms with Crippen LogP contribution in [0.3, 0.4) is 0 Å². The number of carbonyl (C=O) groups is 2. The SMILES string of the molecule is CCN(CC(=O)O)C1CC(NC(=O)c2cccc(OCC(F)(F)F)n2)C1. The molecule has 0 aromatic carbocycles. The molecule has 0 atom stereocenters. The van der Waals surface area contributed by atoms with Crippen molar-refractivity contribution in [3.05, 3.63) is 23.9 Å². The molecular formula is C16H20F3N3O4. The molecular weight excluding hydrogens is 355 g/mol. The van der Waals surface area contributed by atoms with E-state index in [1.807, 2.05) is 11.8 Å². The van der Waals surface area contributed by atoms with Crippen LogP contribution in [0.25, 0.3) is 0 Å². The first-order valence-corrected chi connectivity index (χ1v) is 8.11. The number of aromatic nitrogens is 1. The van der Waals surface area contributed by atoms with Gasteiger partial charge in [-0.05, 0) is 25.5 Å². The van der Waals surface area contributed by atoms with Crippen molar-refractivity contribution in [1.29, 1.82) is 0 Å². The fraction of sp³-hybridized carbons (Fsp3) is 0.562. The van der Waals surface area contributed by atoms with Crippen molar-refractivity contribution in [1.82, 2.24) is 15.2 Å². The zero-order valence-corrected chi connectivity index (χ0v) is 14.1. The Morgan fingerprint density at radius 2 is 2.08 bits per heavy atom. The van der Waals surface area contributed by atoms with Gasteiger partial charge in [-0.15, -0.1) is 0 Å². The maximum atomic E-state index is 12.2. The number of aliphatic carboxylic acids is 1. The first-order valence-electron chi connectivity index (χ1n) is 8.11. The molecule has 10 heteroatoms. The normalized spacial score (nSPS) is 19.7. The molecule has 0 radical (unpaired) electrons. The Labute approximate surface area is 148 Å². The average molecular weight is 375 g/mol. The molecule has 1 fully saturated rings. The quantitative estimate of drug-likeness (QED) is 0.719. The van der Waals surface area contributed by atoms with E-state index < -0.39 is 24.7 Å². The number of nitrogens with one attached hydrogen (secondary N) is 1. The fourth-order valence-corrected chi connectivity index (χ4v) is 2.71. The van der Waals surface area contributed by atoms with Gasteiger partial charge in [-0.25, -0.2) is 4.98 Å². The summed E-state index contributed by atoms with van der Waals surface area (Å²) in [7, 11) is 0. The molecule has 0 unspecified atom stereocenters. The van der Waals surface area contributed by atoms with Crippen LogP contribution in [0.4, 0.5) is 13.2 Å². The van der Waals surface area contributed by atoms with Crippen molar-refractivity contribution in [3.63, 3.8) is 0 Å². The van der Waals surface area contributed by atoms with Crippen molar-refractivity contribution in [2.24, 2.45) is 0 Å². The third-order valence-electron chi connectivity index (χ3n) is 4.05. The summed E-state index contributed by atoms with van der Waals surface area (Å²) in [5.74, 6) is -1.69. The van der Waals surface area contributed by atoms with E-state index in [1.165, 1.54) is 18.2 Å². The van der Waals surface area contributed by atoms with Crippen molar-refractivity contribution in [2.75, 3.05) is 19.7 Å². The maximum absolute atomic E-state index is 12.2.